The van der Waals surface area contributed by atoms with Gasteiger partial charge in [-0.2, -0.15) is 5.26 Å². The minimum atomic E-state index is 0.719. The third-order valence-corrected chi connectivity index (χ3v) is 4.14. The molecule has 4 heteroatoms. The van der Waals surface area contributed by atoms with Crippen molar-refractivity contribution in [2.24, 2.45) is 0 Å². The van der Waals surface area contributed by atoms with Crippen LogP contribution in [0, 0.1) is 11.3 Å². The van der Waals surface area contributed by atoms with Gasteiger partial charge in [-0.1, -0.05) is 18.2 Å². The van der Waals surface area contributed by atoms with Gasteiger partial charge in [0.25, 0.3) is 0 Å². The van der Waals surface area contributed by atoms with Crippen molar-refractivity contribution in [2.45, 2.75) is 12.6 Å². The number of benzene rings is 1. The highest BCUT2D eigenvalue weighted by molar-refractivity contribution is 5.37. The SMILES string of the molecule is N#Cc1ccccc1CN1CC(N2CCNCC2)C1. The number of hydrogen-bond acceptors (Lipinski definition) is 4. The van der Waals surface area contributed by atoms with E-state index in [9.17, 15) is 0 Å². The molecule has 2 heterocycles. The van der Waals surface area contributed by atoms with Gasteiger partial charge in [0.05, 0.1) is 11.6 Å². The molecule has 3 rings (SSSR count). The molecule has 0 radical (unpaired) electrons. The van der Waals surface area contributed by atoms with E-state index in [4.69, 9.17) is 5.26 Å². The van der Waals surface area contributed by atoms with Crippen LogP contribution in [0.2, 0.25) is 0 Å². The summed E-state index contributed by atoms with van der Waals surface area (Å²) in [7, 11) is 0. The summed E-state index contributed by atoms with van der Waals surface area (Å²) in [5.41, 5.74) is 1.97. The normalized spacial score (nSPS) is 21.8. The zero-order valence-corrected chi connectivity index (χ0v) is 11.2. The fourth-order valence-corrected chi connectivity index (χ4v) is 2.96. The van der Waals surface area contributed by atoms with E-state index in [1.165, 1.54) is 13.1 Å². The number of rotatable bonds is 3. The fourth-order valence-electron chi connectivity index (χ4n) is 2.96. The van der Waals surface area contributed by atoms with E-state index in [2.05, 4.69) is 27.3 Å². The van der Waals surface area contributed by atoms with Crippen molar-refractivity contribution in [3.8, 4) is 6.07 Å². The van der Waals surface area contributed by atoms with Crippen LogP contribution in [0.15, 0.2) is 24.3 Å². The van der Waals surface area contributed by atoms with Crippen molar-refractivity contribution in [3.05, 3.63) is 35.4 Å². The number of hydrogen-bond donors (Lipinski definition) is 1. The molecule has 1 aromatic carbocycles. The first-order valence-corrected chi connectivity index (χ1v) is 7.02. The monoisotopic (exact) mass is 256 g/mol. The largest absolute Gasteiger partial charge is 0.314 e. The highest BCUT2D eigenvalue weighted by Crippen LogP contribution is 2.19. The molecule has 0 aromatic heterocycles. The van der Waals surface area contributed by atoms with Gasteiger partial charge in [0.15, 0.2) is 0 Å². The predicted molar refractivity (Wildman–Crippen MR) is 74.7 cm³/mol. The lowest BCUT2D eigenvalue weighted by molar-refractivity contribution is 0.0222. The molecule has 2 fully saturated rings. The maximum atomic E-state index is 9.09. The molecule has 19 heavy (non-hydrogen) atoms. The van der Waals surface area contributed by atoms with Crippen molar-refractivity contribution < 1.29 is 0 Å². The molecule has 2 saturated heterocycles. The number of nitrogens with zero attached hydrogens (tertiary/aromatic N) is 3. The van der Waals surface area contributed by atoms with Gasteiger partial charge in [0.2, 0.25) is 0 Å². The molecule has 0 aliphatic carbocycles. The summed E-state index contributed by atoms with van der Waals surface area (Å²) in [6.07, 6.45) is 0. The van der Waals surface area contributed by atoms with Crippen molar-refractivity contribution in [1.29, 1.82) is 5.26 Å². The Balaban J connectivity index is 1.52. The van der Waals surface area contributed by atoms with Crippen molar-refractivity contribution in [3.63, 3.8) is 0 Å². The highest BCUT2D eigenvalue weighted by Gasteiger charge is 2.32. The Hall–Kier alpha value is -1.41. The fraction of sp³-hybridized carbons (Fsp3) is 0.533. The van der Waals surface area contributed by atoms with E-state index < -0.39 is 0 Å². The van der Waals surface area contributed by atoms with Crippen LogP contribution in [-0.4, -0.2) is 55.1 Å². The summed E-state index contributed by atoms with van der Waals surface area (Å²) >= 11 is 0. The highest BCUT2D eigenvalue weighted by atomic mass is 15.3. The van der Waals surface area contributed by atoms with E-state index in [1.54, 1.807) is 0 Å². The standard InChI is InChI=1S/C15H20N4/c16-9-13-3-1-2-4-14(13)10-18-11-15(12-18)19-7-5-17-6-8-19/h1-4,15,17H,5-8,10-12H2. The average Bonchev–Trinajstić information content (AvgIpc) is 2.43. The topological polar surface area (TPSA) is 42.3 Å². The van der Waals surface area contributed by atoms with E-state index in [1.807, 2.05) is 18.2 Å². The van der Waals surface area contributed by atoms with Gasteiger partial charge in [-0.25, -0.2) is 0 Å². The molecule has 1 aromatic rings. The van der Waals surface area contributed by atoms with Crippen LogP contribution in [-0.2, 0) is 6.54 Å². The van der Waals surface area contributed by atoms with Gasteiger partial charge in [0.1, 0.15) is 0 Å². The van der Waals surface area contributed by atoms with Crippen molar-refractivity contribution in [2.75, 3.05) is 39.3 Å². The van der Waals surface area contributed by atoms with Gasteiger partial charge in [-0.3, -0.25) is 9.80 Å². The van der Waals surface area contributed by atoms with Gasteiger partial charge >= 0.3 is 0 Å². The first kappa shape index (κ1) is 12.6. The lowest BCUT2D eigenvalue weighted by Crippen LogP contribution is -2.62. The minimum absolute atomic E-state index is 0.719. The zero-order valence-electron chi connectivity index (χ0n) is 11.2. The molecule has 0 bridgehead atoms. The van der Waals surface area contributed by atoms with Crippen LogP contribution in [0.1, 0.15) is 11.1 Å². The molecule has 0 amide bonds. The first-order chi connectivity index (χ1) is 9.36. The van der Waals surface area contributed by atoms with Crippen LogP contribution in [0.25, 0.3) is 0 Å². The summed E-state index contributed by atoms with van der Waals surface area (Å²) in [5, 5.41) is 12.5. The number of nitrogens with one attached hydrogen (secondary N) is 1. The number of nitriles is 1. The molecule has 0 unspecified atom stereocenters. The smallest absolute Gasteiger partial charge is 0.0995 e. The summed E-state index contributed by atoms with van der Waals surface area (Å²) in [4.78, 5) is 5.02. The summed E-state index contributed by atoms with van der Waals surface area (Å²) < 4.78 is 0. The quantitative estimate of drug-likeness (QED) is 0.862. The number of piperazine rings is 1. The van der Waals surface area contributed by atoms with Crippen LogP contribution in [0.5, 0.6) is 0 Å². The Morgan fingerprint density at radius 3 is 2.68 bits per heavy atom. The summed E-state index contributed by atoms with van der Waals surface area (Å²) in [6, 6.07) is 10.9. The number of likely N-dealkylation sites (tertiary alicyclic amines) is 1. The first-order valence-electron chi connectivity index (χ1n) is 7.02. The molecule has 0 atom stereocenters. The second-order valence-electron chi connectivity index (χ2n) is 5.40. The van der Waals surface area contributed by atoms with Crippen LogP contribution < -0.4 is 5.32 Å². The third-order valence-electron chi connectivity index (χ3n) is 4.14. The molecule has 100 valence electrons. The molecule has 2 aliphatic heterocycles. The van der Waals surface area contributed by atoms with Gasteiger partial charge < -0.3 is 5.32 Å². The summed E-state index contributed by atoms with van der Waals surface area (Å²) in [5.74, 6) is 0. The Labute approximate surface area is 114 Å². The molecule has 0 saturated carbocycles. The predicted octanol–water partition coefficient (Wildman–Crippen LogP) is 0.648. The van der Waals surface area contributed by atoms with E-state index in [0.717, 1.165) is 49.9 Å². The Kier molecular flexibility index (Phi) is 3.79. The summed E-state index contributed by atoms with van der Waals surface area (Å²) in [6.45, 7) is 7.77. The lowest BCUT2D eigenvalue weighted by atomic mass is 10.0. The van der Waals surface area contributed by atoms with E-state index in [-0.39, 0.29) is 0 Å². The zero-order chi connectivity index (χ0) is 13.1. The Bertz CT molecular complexity index is 467. The van der Waals surface area contributed by atoms with E-state index in [0.29, 0.717) is 0 Å². The molecule has 2 aliphatic rings. The van der Waals surface area contributed by atoms with Crippen LogP contribution in [0.4, 0.5) is 0 Å². The Morgan fingerprint density at radius 1 is 1.21 bits per heavy atom. The van der Waals surface area contributed by atoms with E-state index >= 15 is 0 Å². The van der Waals surface area contributed by atoms with Crippen LogP contribution >= 0.6 is 0 Å². The maximum absolute atomic E-state index is 9.09. The van der Waals surface area contributed by atoms with Gasteiger partial charge in [-0.05, 0) is 11.6 Å². The molecule has 1 N–H and O–H groups in total. The molecule has 4 nitrogen and oxygen atoms in total. The van der Waals surface area contributed by atoms with Crippen molar-refractivity contribution in [1.82, 2.24) is 15.1 Å². The minimum Gasteiger partial charge on any atom is -0.314 e. The molecular formula is C15H20N4. The lowest BCUT2D eigenvalue weighted by Gasteiger charge is -2.47. The second-order valence-corrected chi connectivity index (χ2v) is 5.40. The molecule has 0 spiro atoms. The Morgan fingerprint density at radius 2 is 1.95 bits per heavy atom. The third kappa shape index (κ3) is 2.79. The average molecular weight is 256 g/mol. The van der Waals surface area contributed by atoms with Gasteiger partial charge in [0, 0.05) is 51.9 Å². The van der Waals surface area contributed by atoms with Gasteiger partial charge in [-0.15, -0.1) is 0 Å². The van der Waals surface area contributed by atoms with Crippen LogP contribution in [0.3, 0.4) is 0 Å². The van der Waals surface area contributed by atoms with Crippen molar-refractivity contribution >= 4 is 0 Å². The maximum Gasteiger partial charge on any atom is 0.0995 e. The molecular weight excluding hydrogens is 236 g/mol. The second kappa shape index (κ2) is 5.70.